The summed E-state index contributed by atoms with van der Waals surface area (Å²) < 4.78 is 11.0. The highest BCUT2D eigenvalue weighted by atomic mass is 32.1. The van der Waals surface area contributed by atoms with Crippen LogP contribution >= 0.6 is 11.3 Å². The zero-order valence-electron chi connectivity index (χ0n) is 13.4. The maximum absolute atomic E-state index is 12.2. The second-order valence-corrected chi connectivity index (χ2v) is 6.31. The molecule has 0 unspecified atom stereocenters. The summed E-state index contributed by atoms with van der Waals surface area (Å²) in [6.45, 7) is 0. The molecule has 124 valence electrons. The predicted molar refractivity (Wildman–Crippen MR) is 98.3 cm³/mol. The van der Waals surface area contributed by atoms with Crippen molar-refractivity contribution in [3.05, 3.63) is 64.9 Å². The third-order valence-corrected chi connectivity index (χ3v) is 4.58. The van der Waals surface area contributed by atoms with Crippen molar-refractivity contribution in [2.45, 2.75) is 0 Å². The zero-order chi connectivity index (χ0) is 17.2. The van der Waals surface area contributed by atoms with Gasteiger partial charge in [0.1, 0.15) is 11.3 Å². The van der Waals surface area contributed by atoms with E-state index >= 15 is 0 Å². The Kier molecular flexibility index (Phi) is 3.95. The summed E-state index contributed by atoms with van der Waals surface area (Å²) in [6.07, 6.45) is 0. The third-order valence-electron chi connectivity index (χ3n) is 3.71. The molecule has 0 atom stereocenters. The van der Waals surface area contributed by atoms with Crippen molar-refractivity contribution in [2.24, 2.45) is 0 Å². The number of thiophene rings is 1. The fraction of sp³-hybridized carbons (Fsp3) is 0.0526. The van der Waals surface area contributed by atoms with Crippen LogP contribution in [0.15, 0.2) is 64.4 Å². The lowest BCUT2D eigenvalue weighted by molar-refractivity contribution is 0.103. The number of methoxy groups -OCH3 is 1. The molecule has 0 bridgehead atoms. The smallest absolute Gasteiger partial charge is 0.265 e. The third kappa shape index (κ3) is 3.12. The number of carbonyl (C=O) groups is 1. The van der Waals surface area contributed by atoms with Gasteiger partial charge in [0.25, 0.3) is 5.91 Å². The SMILES string of the molecule is COc1cccc(-c2nc3cc(NC(=O)c4cccs4)ccc3o2)c1. The van der Waals surface area contributed by atoms with Gasteiger partial charge in [0.05, 0.1) is 12.0 Å². The van der Waals surface area contributed by atoms with Gasteiger partial charge in [-0.1, -0.05) is 12.1 Å². The fourth-order valence-corrected chi connectivity index (χ4v) is 3.10. The van der Waals surface area contributed by atoms with Crippen LogP contribution in [0, 0.1) is 0 Å². The van der Waals surface area contributed by atoms with Crippen molar-refractivity contribution < 1.29 is 13.9 Å². The maximum Gasteiger partial charge on any atom is 0.265 e. The van der Waals surface area contributed by atoms with E-state index in [4.69, 9.17) is 9.15 Å². The number of hydrogen-bond donors (Lipinski definition) is 1. The molecular formula is C19H14N2O3S. The number of amides is 1. The van der Waals surface area contributed by atoms with Gasteiger partial charge >= 0.3 is 0 Å². The summed E-state index contributed by atoms with van der Waals surface area (Å²) in [6, 6.07) is 16.6. The summed E-state index contributed by atoms with van der Waals surface area (Å²) >= 11 is 1.40. The van der Waals surface area contributed by atoms with Crippen LogP contribution in [0.4, 0.5) is 5.69 Å². The molecule has 0 radical (unpaired) electrons. The fourth-order valence-electron chi connectivity index (χ4n) is 2.49. The molecule has 1 N–H and O–H groups in total. The van der Waals surface area contributed by atoms with E-state index in [0.29, 0.717) is 27.6 Å². The molecule has 4 aromatic rings. The Bertz CT molecular complexity index is 1040. The van der Waals surface area contributed by atoms with Crippen LogP contribution in [0.3, 0.4) is 0 Å². The molecule has 2 aromatic heterocycles. The van der Waals surface area contributed by atoms with E-state index in [0.717, 1.165) is 11.3 Å². The lowest BCUT2D eigenvalue weighted by Gasteiger charge is -2.02. The Labute approximate surface area is 147 Å². The normalized spacial score (nSPS) is 10.8. The number of hydrogen-bond acceptors (Lipinski definition) is 5. The molecule has 5 nitrogen and oxygen atoms in total. The first kappa shape index (κ1) is 15.4. The van der Waals surface area contributed by atoms with E-state index in [1.54, 1.807) is 31.4 Å². The Morgan fingerprint density at radius 1 is 1.16 bits per heavy atom. The first-order chi connectivity index (χ1) is 12.2. The Balaban J connectivity index is 1.64. The molecule has 2 heterocycles. The number of rotatable bonds is 4. The summed E-state index contributed by atoms with van der Waals surface area (Å²) in [5, 5.41) is 4.74. The molecule has 0 aliphatic carbocycles. The van der Waals surface area contributed by atoms with Gasteiger partial charge in [0, 0.05) is 11.3 Å². The van der Waals surface area contributed by atoms with Crippen LogP contribution in [0.25, 0.3) is 22.6 Å². The van der Waals surface area contributed by atoms with E-state index in [1.165, 1.54) is 11.3 Å². The van der Waals surface area contributed by atoms with Crippen molar-refractivity contribution in [1.29, 1.82) is 0 Å². The van der Waals surface area contributed by atoms with Gasteiger partial charge in [-0.25, -0.2) is 4.98 Å². The second-order valence-electron chi connectivity index (χ2n) is 5.36. The van der Waals surface area contributed by atoms with Gasteiger partial charge in [-0.05, 0) is 47.8 Å². The molecule has 0 saturated carbocycles. The minimum absolute atomic E-state index is 0.133. The van der Waals surface area contributed by atoms with Crippen molar-refractivity contribution in [2.75, 3.05) is 12.4 Å². The monoisotopic (exact) mass is 350 g/mol. The predicted octanol–water partition coefficient (Wildman–Crippen LogP) is 4.82. The molecule has 0 saturated heterocycles. The van der Waals surface area contributed by atoms with Crippen LogP contribution in [-0.2, 0) is 0 Å². The molecule has 0 fully saturated rings. The summed E-state index contributed by atoms with van der Waals surface area (Å²) in [7, 11) is 1.62. The quantitative estimate of drug-likeness (QED) is 0.573. The number of benzene rings is 2. The van der Waals surface area contributed by atoms with Crippen molar-refractivity contribution >= 4 is 34.0 Å². The Hall–Kier alpha value is -3.12. The number of carbonyl (C=O) groups excluding carboxylic acids is 1. The topological polar surface area (TPSA) is 64.4 Å². The van der Waals surface area contributed by atoms with E-state index < -0.39 is 0 Å². The van der Waals surface area contributed by atoms with E-state index in [2.05, 4.69) is 10.3 Å². The van der Waals surface area contributed by atoms with Gasteiger partial charge in [-0.15, -0.1) is 11.3 Å². The van der Waals surface area contributed by atoms with Crippen molar-refractivity contribution in [1.82, 2.24) is 4.98 Å². The highest BCUT2D eigenvalue weighted by Gasteiger charge is 2.11. The number of oxazole rings is 1. The van der Waals surface area contributed by atoms with E-state index in [-0.39, 0.29) is 5.91 Å². The molecule has 0 aliphatic heterocycles. The minimum Gasteiger partial charge on any atom is -0.497 e. The van der Waals surface area contributed by atoms with Crippen LogP contribution in [0.5, 0.6) is 5.75 Å². The lowest BCUT2D eigenvalue weighted by Crippen LogP contribution is -2.09. The number of aromatic nitrogens is 1. The average molecular weight is 350 g/mol. The summed E-state index contributed by atoms with van der Waals surface area (Å²) in [5.41, 5.74) is 2.85. The number of fused-ring (bicyclic) bond motifs is 1. The molecule has 25 heavy (non-hydrogen) atoms. The molecule has 0 spiro atoms. The van der Waals surface area contributed by atoms with Crippen molar-refractivity contribution in [3.8, 4) is 17.2 Å². The second kappa shape index (κ2) is 6.41. The minimum atomic E-state index is -0.133. The summed E-state index contributed by atoms with van der Waals surface area (Å²) in [4.78, 5) is 17.3. The number of nitrogens with one attached hydrogen (secondary N) is 1. The van der Waals surface area contributed by atoms with Gasteiger partial charge in [-0.3, -0.25) is 4.79 Å². The van der Waals surface area contributed by atoms with Gasteiger partial charge in [0.15, 0.2) is 5.58 Å². The zero-order valence-corrected chi connectivity index (χ0v) is 14.2. The first-order valence-corrected chi connectivity index (χ1v) is 8.51. The maximum atomic E-state index is 12.2. The van der Waals surface area contributed by atoms with Crippen LogP contribution in [0.2, 0.25) is 0 Å². The van der Waals surface area contributed by atoms with Crippen LogP contribution in [-0.4, -0.2) is 18.0 Å². The average Bonchev–Trinajstić information content (AvgIpc) is 3.31. The number of ether oxygens (including phenoxy) is 1. The molecule has 2 aromatic carbocycles. The number of nitrogens with zero attached hydrogens (tertiary/aromatic N) is 1. The number of anilines is 1. The first-order valence-electron chi connectivity index (χ1n) is 7.63. The summed E-state index contributed by atoms with van der Waals surface area (Å²) in [5.74, 6) is 1.12. The standard InChI is InChI=1S/C19H14N2O3S/c1-23-14-5-2-4-12(10-14)19-21-15-11-13(7-8-16(15)24-19)20-18(22)17-6-3-9-25-17/h2-11H,1H3,(H,20,22). The highest BCUT2D eigenvalue weighted by molar-refractivity contribution is 7.12. The molecule has 4 rings (SSSR count). The molecule has 6 heteroatoms. The van der Waals surface area contributed by atoms with Crippen LogP contribution in [0.1, 0.15) is 9.67 Å². The van der Waals surface area contributed by atoms with Crippen LogP contribution < -0.4 is 10.1 Å². The van der Waals surface area contributed by atoms with Crippen molar-refractivity contribution in [3.63, 3.8) is 0 Å². The molecular weight excluding hydrogens is 336 g/mol. The Morgan fingerprint density at radius 2 is 2.08 bits per heavy atom. The lowest BCUT2D eigenvalue weighted by atomic mass is 10.2. The molecule has 0 aliphatic rings. The largest absolute Gasteiger partial charge is 0.497 e. The van der Waals surface area contributed by atoms with Gasteiger partial charge in [-0.2, -0.15) is 0 Å². The van der Waals surface area contributed by atoms with Gasteiger partial charge < -0.3 is 14.5 Å². The highest BCUT2D eigenvalue weighted by Crippen LogP contribution is 2.28. The Morgan fingerprint density at radius 3 is 2.88 bits per heavy atom. The van der Waals surface area contributed by atoms with E-state index in [1.807, 2.05) is 35.7 Å². The molecule has 1 amide bonds. The van der Waals surface area contributed by atoms with Gasteiger partial charge in [0.2, 0.25) is 5.89 Å². The van der Waals surface area contributed by atoms with E-state index in [9.17, 15) is 4.79 Å².